The second-order valence-corrected chi connectivity index (χ2v) is 5.92. The van der Waals surface area contributed by atoms with Gasteiger partial charge >= 0.3 is 0 Å². The predicted octanol–water partition coefficient (Wildman–Crippen LogP) is 2.14. The molecule has 2 N–H and O–H groups in total. The van der Waals surface area contributed by atoms with E-state index in [-0.39, 0.29) is 24.0 Å². The van der Waals surface area contributed by atoms with Crippen molar-refractivity contribution < 1.29 is 9.90 Å². The monoisotopic (exact) mass is 259 g/mol. The number of hydrogen-bond donors (Lipinski definition) is 2. The lowest BCUT2D eigenvalue weighted by atomic mass is 9.76. The highest BCUT2D eigenvalue weighted by Gasteiger charge is 2.39. The number of rotatable bonds is 3. The Morgan fingerprint density at radius 1 is 1.32 bits per heavy atom. The van der Waals surface area contributed by atoms with E-state index in [0.717, 1.165) is 38.5 Å². The summed E-state index contributed by atoms with van der Waals surface area (Å²) < 4.78 is 0. The molecule has 1 amide bonds. The summed E-state index contributed by atoms with van der Waals surface area (Å²) in [5, 5.41) is 12.6. The second kappa shape index (κ2) is 4.97. The summed E-state index contributed by atoms with van der Waals surface area (Å²) in [5.74, 6) is 0.0647. The van der Waals surface area contributed by atoms with Gasteiger partial charge in [0.2, 0.25) is 5.91 Å². The number of carbonyl (C=O) groups excluding carboxylic acids is 1. The van der Waals surface area contributed by atoms with Crippen molar-refractivity contribution in [2.24, 2.45) is 0 Å². The van der Waals surface area contributed by atoms with E-state index in [1.54, 1.807) is 0 Å². The third-order valence-corrected chi connectivity index (χ3v) is 4.69. The van der Waals surface area contributed by atoms with Crippen LogP contribution in [0.25, 0.3) is 0 Å². The molecule has 0 spiro atoms. The third kappa shape index (κ3) is 2.27. The topological polar surface area (TPSA) is 49.3 Å². The third-order valence-electron chi connectivity index (χ3n) is 4.69. The van der Waals surface area contributed by atoms with Crippen LogP contribution < -0.4 is 5.32 Å². The molecule has 2 aliphatic carbocycles. The van der Waals surface area contributed by atoms with Gasteiger partial charge in [0.15, 0.2) is 0 Å². The van der Waals surface area contributed by atoms with Crippen molar-refractivity contribution in [1.29, 1.82) is 0 Å². The number of aryl methyl sites for hydroxylation is 1. The molecule has 1 aromatic rings. The summed E-state index contributed by atoms with van der Waals surface area (Å²) >= 11 is 0. The summed E-state index contributed by atoms with van der Waals surface area (Å²) in [7, 11) is 0. The largest absolute Gasteiger partial charge is 0.394 e. The minimum Gasteiger partial charge on any atom is -0.394 e. The van der Waals surface area contributed by atoms with Crippen LogP contribution in [0.2, 0.25) is 0 Å². The quantitative estimate of drug-likeness (QED) is 0.873. The van der Waals surface area contributed by atoms with Gasteiger partial charge < -0.3 is 10.4 Å². The Bertz CT molecular complexity index is 474. The van der Waals surface area contributed by atoms with Crippen molar-refractivity contribution in [2.75, 3.05) is 6.61 Å². The molecule has 0 saturated heterocycles. The fourth-order valence-corrected chi connectivity index (χ4v) is 3.30. The van der Waals surface area contributed by atoms with Gasteiger partial charge in [0.25, 0.3) is 0 Å². The lowest BCUT2D eigenvalue weighted by molar-refractivity contribution is -0.126. The van der Waals surface area contributed by atoms with Gasteiger partial charge in [-0.3, -0.25) is 4.79 Å². The van der Waals surface area contributed by atoms with E-state index in [4.69, 9.17) is 0 Å². The molecule has 1 unspecified atom stereocenters. The van der Waals surface area contributed by atoms with Crippen LogP contribution in [0.15, 0.2) is 24.3 Å². The summed E-state index contributed by atoms with van der Waals surface area (Å²) in [6.45, 7) is 0.0626. The number of benzene rings is 1. The zero-order chi connectivity index (χ0) is 13.3. The Labute approximate surface area is 114 Å². The van der Waals surface area contributed by atoms with Gasteiger partial charge in [-0.25, -0.2) is 0 Å². The Hall–Kier alpha value is -1.35. The zero-order valence-corrected chi connectivity index (χ0v) is 11.2. The van der Waals surface area contributed by atoms with Gasteiger partial charge in [0, 0.05) is 0 Å². The summed E-state index contributed by atoms with van der Waals surface area (Å²) in [6, 6.07) is 8.25. The van der Waals surface area contributed by atoms with E-state index >= 15 is 0 Å². The van der Waals surface area contributed by atoms with E-state index < -0.39 is 0 Å². The molecule has 0 aromatic heterocycles. The standard InChI is InChI=1S/C16H21NO2/c18-11-16(9-4-10-16)17-15(19)14-8-3-6-12-5-1-2-7-13(12)14/h1-2,5,7,14,18H,3-4,6,8-11H2,(H,17,19). The van der Waals surface area contributed by atoms with E-state index in [9.17, 15) is 9.90 Å². The molecule has 0 aliphatic heterocycles. The number of nitrogens with one attached hydrogen (secondary N) is 1. The maximum absolute atomic E-state index is 12.5. The van der Waals surface area contributed by atoms with Gasteiger partial charge in [0.1, 0.15) is 0 Å². The Morgan fingerprint density at radius 3 is 2.79 bits per heavy atom. The molecule has 3 nitrogen and oxygen atoms in total. The normalized spacial score (nSPS) is 24.2. The maximum atomic E-state index is 12.5. The van der Waals surface area contributed by atoms with Crippen LogP contribution in [0.5, 0.6) is 0 Å². The van der Waals surface area contributed by atoms with Crippen molar-refractivity contribution in [1.82, 2.24) is 5.32 Å². The molecule has 0 bridgehead atoms. The Kier molecular flexibility index (Phi) is 3.31. The van der Waals surface area contributed by atoms with Crippen molar-refractivity contribution >= 4 is 5.91 Å². The van der Waals surface area contributed by atoms with Crippen LogP contribution >= 0.6 is 0 Å². The molecule has 0 radical (unpaired) electrons. The molecule has 1 aromatic carbocycles. The Balaban J connectivity index is 1.78. The minimum atomic E-state index is -0.330. The van der Waals surface area contributed by atoms with Crippen molar-refractivity contribution in [2.45, 2.75) is 50.0 Å². The number of aliphatic hydroxyl groups is 1. The molecule has 19 heavy (non-hydrogen) atoms. The van der Waals surface area contributed by atoms with Crippen molar-refractivity contribution in [3.63, 3.8) is 0 Å². The molecule has 0 heterocycles. The highest BCUT2D eigenvalue weighted by molar-refractivity contribution is 5.85. The first-order valence-corrected chi connectivity index (χ1v) is 7.25. The molecule has 2 aliphatic rings. The molecular formula is C16H21NO2. The van der Waals surface area contributed by atoms with Gasteiger partial charge in [0.05, 0.1) is 18.1 Å². The van der Waals surface area contributed by atoms with Crippen LogP contribution in [0.3, 0.4) is 0 Å². The second-order valence-electron chi connectivity index (χ2n) is 5.92. The van der Waals surface area contributed by atoms with Crippen LogP contribution in [-0.4, -0.2) is 23.2 Å². The van der Waals surface area contributed by atoms with Gasteiger partial charge in [-0.15, -0.1) is 0 Å². The smallest absolute Gasteiger partial charge is 0.228 e. The first-order valence-electron chi connectivity index (χ1n) is 7.25. The van der Waals surface area contributed by atoms with Gasteiger partial charge in [-0.2, -0.15) is 0 Å². The van der Waals surface area contributed by atoms with Crippen LogP contribution in [0.4, 0.5) is 0 Å². The molecule has 102 valence electrons. The number of aliphatic hydroxyl groups excluding tert-OH is 1. The summed E-state index contributed by atoms with van der Waals surface area (Å²) in [6.07, 6.45) is 5.98. The lowest BCUT2D eigenvalue weighted by Crippen LogP contribution is -2.57. The van der Waals surface area contributed by atoms with Gasteiger partial charge in [-0.1, -0.05) is 24.3 Å². The highest BCUT2D eigenvalue weighted by Crippen LogP contribution is 2.35. The van der Waals surface area contributed by atoms with E-state index in [1.165, 1.54) is 11.1 Å². The fraction of sp³-hybridized carbons (Fsp3) is 0.562. The van der Waals surface area contributed by atoms with Gasteiger partial charge in [-0.05, 0) is 49.7 Å². The Morgan fingerprint density at radius 2 is 2.11 bits per heavy atom. The molecule has 3 heteroatoms. The molecule has 1 fully saturated rings. The first-order chi connectivity index (χ1) is 9.24. The van der Waals surface area contributed by atoms with E-state index in [2.05, 4.69) is 17.4 Å². The average Bonchev–Trinajstić information content (AvgIpc) is 2.42. The number of hydrogen-bond acceptors (Lipinski definition) is 2. The molecular weight excluding hydrogens is 238 g/mol. The fourth-order valence-electron chi connectivity index (χ4n) is 3.30. The van der Waals surface area contributed by atoms with Crippen LogP contribution in [0.1, 0.15) is 49.1 Å². The van der Waals surface area contributed by atoms with E-state index in [1.807, 2.05) is 12.1 Å². The number of amides is 1. The molecule has 1 atom stereocenters. The van der Waals surface area contributed by atoms with Crippen LogP contribution in [0, 0.1) is 0 Å². The number of carbonyl (C=O) groups is 1. The SMILES string of the molecule is O=C(NC1(CO)CCC1)C1CCCc2ccccc21. The lowest BCUT2D eigenvalue weighted by Gasteiger charge is -2.42. The summed E-state index contributed by atoms with van der Waals surface area (Å²) in [5.41, 5.74) is 2.16. The molecule has 3 rings (SSSR count). The van der Waals surface area contributed by atoms with Crippen LogP contribution in [-0.2, 0) is 11.2 Å². The van der Waals surface area contributed by atoms with Crippen molar-refractivity contribution in [3.05, 3.63) is 35.4 Å². The maximum Gasteiger partial charge on any atom is 0.228 e. The number of fused-ring (bicyclic) bond motifs is 1. The summed E-state index contributed by atoms with van der Waals surface area (Å²) in [4.78, 5) is 12.5. The average molecular weight is 259 g/mol. The van der Waals surface area contributed by atoms with Crippen molar-refractivity contribution in [3.8, 4) is 0 Å². The first kappa shape index (κ1) is 12.7. The highest BCUT2D eigenvalue weighted by atomic mass is 16.3. The molecule has 1 saturated carbocycles. The zero-order valence-electron chi connectivity index (χ0n) is 11.2. The minimum absolute atomic E-state index is 0.0334. The van der Waals surface area contributed by atoms with E-state index in [0.29, 0.717) is 0 Å². The predicted molar refractivity (Wildman–Crippen MR) is 73.9 cm³/mol.